The molecule has 5 rings (SSSR count). The van der Waals surface area contributed by atoms with E-state index in [2.05, 4.69) is 70.3 Å². The summed E-state index contributed by atoms with van der Waals surface area (Å²) in [4.78, 5) is 20.1. The molecule has 0 N–H and O–H groups in total. The van der Waals surface area contributed by atoms with E-state index in [1.165, 1.54) is 49.9 Å². The van der Waals surface area contributed by atoms with Crippen LogP contribution in [0.5, 0.6) is 0 Å². The number of fused-ring (bicyclic) bond motifs is 1. The molecule has 0 unspecified atom stereocenters. The molecule has 1 saturated heterocycles. The molecule has 4 nitrogen and oxygen atoms in total. The Kier molecular flexibility index (Phi) is 6.31. The van der Waals surface area contributed by atoms with E-state index in [-0.39, 0.29) is 11.9 Å². The van der Waals surface area contributed by atoms with Crippen molar-refractivity contribution < 1.29 is 4.79 Å². The highest BCUT2D eigenvalue weighted by atomic mass is 16.2. The van der Waals surface area contributed by atoms with Gasteiger partial charge in [-0.05, 0) is 68.0 Å². The molecule has 1 saturated carbocycles. The summed E-state index contributed by atoms with van der Waals surface area (Å²) in [6.07, 6.45) is 12.3. The van der Waals surface area contributed by atoms with Crippen molar-refractivity contribution in [2.75, 3.05) is 31.1 Å². The Morgan fingerprint density at radius 1 is 0.969 bits per heavy atom. The van der Waals surface area contributed by atoms with Crippen LogP contribution in [0.2, 0.25) is 0 Å². The number of hydrogen-bond acceptors (Lipinski definition) is 3. The standard InChI is InChI=1S/C28H35N3O/c1-22-20-29(21-23-8-3-2-4-9-23)18-19-30(22)28(32)25-13-15-26(16-14-25)31-17-7-11-24-10-5-6-12-27(24)31/h5-7,10,12-17,22-23H,2-4,8-9,11,18-21H2,1H3/t22-/m0/s1. The quantitative estimate of drug-likeness (QED) is 0.631. The molecule has 0 radical (unpaired) electrons. The fourth-order valence-electron chi connectivity index (χ4n) is 5.67. The van der Waals surface area contributed by atoms with Crippen molar-refractivity contribution >= 4 is 17.3 Å². The first-order valence-electron chi connectivity index (χ1n) is 12.4. The molecule has 2 aromatic carbocycles. The Morgan fingerprint density at radius 3 is 2.53 bits per heavy atom. The van der Waals surface area contributed by atoms with Gasteiger partial charge in [0.25, 0.3) is 5.91 Å². The Morgan fingerprint density at radius 2 is 1.75 bits per heavy atom. The van der Waals surface area contributed by atoms with Crippen molar-refractivity contribution in [2.45, 2.75) is 51.5 Å². The maximum atomic E-state index is 13.3. The van der Waals surface area contributed by atoms with Crippen LogP contribution in [0.4, 0.5) is 11.4 Å². The van der Waals surface area contributed by atoms with Gasteiger partial charge in [-0.15, -0.1) is 0 Å². The minimum atomic E-state index is 0.163. The molecule has 2 aromatic rings. The molecule has 4 heteroatoms. The topological polar surface area (TPSA) is 26.8 Å². The van der Waals surface area contributed by atoms with Gasteiger partial charge in [0.2, 0.25) is 0 Å². The zero-order valence-corrected chi connectivity index (χ0v) is 19.2. The molecular formula is C28H35N3O. The van der Waals surface area contributed by atoms with Gasteiger partial charge < -0.3 is 9.80 Å². The van der Waals surface area contributed by atoms with Gasteiger partial charge in [-0.1, -0.05) is 43.5 Å². The fourth-order valence-corrected chi connectivity index (χ4v) is 5.67. The summed E-state index contributed by atoms with van der Waals surface area (Å²) in [7, 11) is 0. The molecule has 1 aliphatic carbocycles. The maximum Gasteiger partial charge on any atom is 0.254 e. The summed E-state index contributed by atoms with van der Waals surface area (Å²) in [5.41, 5.74) is 4.43. The van der Waals surface area contributed by atoms with E-state index in [4.69, 9.17) is 0 Å². The Balaban J connectivity index is 1.22. The molecule has 2 fully saturated rings. The number of piperazine rings is 1. The van der Waals surface area contributed by atoms with Gasteiger partial charge in [0.1, 0.15) is 0 Å². The van der Waals surface area contributed by atoms with Gasteiger partial charge in [-0.2, -0.15) is 0 Å². The van der Waals surface area contributed by atoms with E-state index >= 15 is 0 Å². The SMILES string of the molecule is C[C@H]1CN(CC2CCCCC2)CCN1C(=O)c1ccc(N2C=CCc3ccccc32)cc1. The number of hydrogen-bond donors (Lipinski definition) is 0. The zero-order chi connectivity index (χ0) is 21.9. The molecule has 0 aromatic heterocycles. The lowest BCUT2D eigenvalue weighted by molar-refractivity contribution is 0.0444. The normalized spacial score (nSPS) is 22.1. The average Bonchev–Trinajstić information content (AvgIpc) is 2.84. The van der Waals surface area contributed by atoms with Gasteiger partial charge in [-0.3, -0.25) is 9.69 Å². The summed E-state index contributed by atoms with van der Waals surface area (Å²) in [6, 6.07) is 16.9. The van der Waals surface area contributed by atoms with E-state index in [9.17, 15) is 4.79 Å². The van der Waals surface area contributed by atoms with Crippen LogP contribution in [0.15, 0.2) is 60.8 Å². The first kappa shape index (κ1) is 21.3. The smallest absolute Gasteiger partial charge is 0.254 e. The molecule has 2 heterocycles. The molecule has 3 aliphatic rings. The number of nitrogens with zero attached hydrogens (tertiary/aromatic N) is 3. The van der Waals surface area contributed by atoms with Crippen LogP contribution >= 0.6 is 0 Å². The van der Waals surface area contributed by atoms with E-state index in [1.807, 2.05) is 12.1 Å². The van der Waals surface area contributed by atoms with Crippen LogP contribution in [-0.2, 0) is 6.42 Å². The summed E-state index contributed by atoms with van der Waals surface area (Å²) < 4.78 is 0. The third-order valence-corrected chi connectivity index (χ3v) is 7.45. The van der Waals surface area contributed by atoms with Gasteiger partial charge in [0, 0.05) is 55.4 Å². The number of rotatable bonds is 4. The predicted molar refractivity (Wildman–Crippen MR) is 131 cm³/mol. The van der Waals surface area contributed by atoms with Gasteiger partial charge in [0.05, 0.1) is 0 Å². The third-order valence-electron chi connectivity index (χ3n) is 7.45. The van der Waals surface area contributed by atoms with Crippen molar-refractivity contribution in [3.05, 3.63) is 71.9 Å². The molecule has 168 valence electrons. The van der Waals surface area contributed by atoms with Crippen molar-refractivity contribution in [1.29, 1.82) is 0 Å². The second kappa shape index (κ2) is 9.50. The number of carbonyl (C=O) groups is 1. The first-order valence-corrected chi connectivity index (χ1v) is 12.4. The van der Waals surface area contributed by atoms with Crippen molar-refractivity contribution in [3.63, 3.8) is 0 Å². The molecule has 1 atom stereocenters. The number of benzene rings is 2. The largest absolute Gasteiger partial charge is 0.333 e. The van der Waals surface area contributed by atoms with Crippen molar-refractivity contribution in [3.8, 4) is 0 Å². The van der Waals surface area contributed by atoms with Crippen molar-refractivity contribution in [2.24, 2.45) is 5.92 Å². The summed E-state index contributed by atoms with van der Waals surface area (Å²) in [5.74, 6) is 1.02. The summed E-state index contributed by atoms with van der Waals surface area (Å²) >= 11 is 0. The van der Waals surface area contributed by atoms with E-state index < -0.39 is 0 Å². The number of amides is 1. The van der Waals surface area contributed by atoms with E-state index in [0.717, 1.165) is 43.2 Å². The minimum Gasteiger partial charge on any atom is -0.333 e. The second-order valence-electron chi connectivity index (χ2n) is 9.75. The monoisotopic (exact) mass is 429 g/mol. The van der Waals surface area contributed by atoms with Crippen LogP contribution in [-0.4, -0.2) is 47.9 Å². The second-order valence-corrected chi connectivity index (χ2v) is 9.75. The van der Waals surface area contributed by atoms with Crippen molar-refractivity contribution in [1.82, 2.24) is 9.80 Å². The van der Waals surface area contributed by atoms with Crippen LogP contribution < -0.4 is 4.90 Å². The molecule has 1 amide bonds. The number of anilines is 2. The number of para-hydroxylation sites is 1. The van der Waals surface area contributed by atoms with Gasteiger partial charge in [0.15, 0.2) is 0 Å². The lowest BCUT2D eigenvalue weighted by Crippen LogP contribution is -2.54. The van der Waals surface area contributed by atoms with Crippen LogP contribution in [0.25, 0.3) is 0 Å². The van der Waals surface area contributed by atoms with Gasteiger partial charge >= 0.3 is 0 Å². The average molecular weight is 430 g/mol. The summed E-state index contributed by atoms with van der Waals surface area (Å²) in [5, 5.41) is 0. The lowest BCUT2D eigenvalue weighted by Gasteiger charge is -2.41. The molecule has 32 heavy (non-hydrogen) atoms. The van der Waals surface area contributed by atoms with Crippen LogP contribution in [0.3, 0.4) is 0 Å². The maximum absolute atomic E-state index is 13.3. The predicted octanol–water partition coefficient (Wildman–Crippen LogP) is 5.62. The Labute approximate surface area is 192 Å². The molecule has 0 bridgehead atoms. The highest BCUT2D eigenvalue weighted by molar-refractivity contribution is 5.95. The van der Waals surface area contributed by atoms with E-state index in [1.54, 1.807) is 0 Å². The zero-order valence-electron chi connectivity index (χ0n) is 19.2. The molecule has 2 aliphatic heterocycles. The number of carbonyl (C=O) groups excluding carboxylic acids is 1. The minimum absolute atomic E-state index is 0.163. The lowest BCUT2D eigenvalue weighted by atomic mass is 9.88. The number of allylic oxidation sites excluding steroid dienone is 1. The highest BCUT2D eigenvalue weighted by Gasteiger charge is 2.29. The summed E-state index contributed by atoms with van der Waals surface area (Å²) in [6.45, 7) is 6.24. The Bertz CT molecular complexity index is 961. The highest BCUT2D eigenvalue weighted by Crippen LogP contribution is 2.33. The third kappa shape index (κ3) is 4.47. The first-order chi connectivity index (χ1) is 15.7. The Hall–Kier alpha value is -2.59. The molecule has 0 spiro atoms. The van der Waals surface area contributed by atoms with Gasteiger partial charge in [-0.25, -0.2) is 0 Å². The van der Waals surface area contributed by atoms with Crippen LogP contribution in [0, 0.1) is 5.92 Å². The van der Waals surface area contributed by atoms with E-state index in [0.29, 0.717) is 0 Å². The molecular weight excluding hydrogens is 394 g/mol. The van der Waals surface area contributed by atoms with Crippen LogP contribution in [0.1, 0.15) is 54.9 Å². The fraction of sp³-hybridized carbons (Fsp3) is 0.464.